The van der Waals surface area contributed by atoms with Gasteiger partial charge in [-0.25, -0.2) is 0 Å². The monoisotopic (exact) mass is 438 g/mol. The van der Waals surface area contributed by atoms with Gasteiger partial charge in [0.25, 0.3) is 5.91 Å². The molecular weight excluding hydrogens is 406 g/mol. The van der Waals surface area contributed by atoms with Gasteiger partial charge in [0.15, 0.2) is 5.78 Å². The summed E-state index contributed by atoms with van der Waals surface area (Å²) in [6.45, 7) is 7.65. The lowest BCUT2D eigenvalue weighted by atomic mass is 9.86. The fraction of sp³-hybridized carbons (Fsp3) is 0.440. The van der Waals surface area contributed by atoms with E-state index in [0.717, 1.165) is 16.0 Å². The number of rotatable bonds is 9. The summed E-state index contributed by atoms with van der Waals surface area (Å²) < 4.78 is 5.81. The lowest BCUT2D eigenvalue weighted by Crippen LogP contribution is -3.06. The summed E-state index contributed by atoms with van der Waals surface area (Å²) in [4.78, 5) is 46.2. The van der Waals surface area contributed by atoms with Gasteiger partial charge >= 0.3 is 0 Å². The van der Waals surface area contributed by atoms with Gasteiger partial charge in [-0.05, 0) is 54.3 Å². The van der Waals surface area contributed by atoms with E-state index in [1.54, 1.807) is 47.6 Å². The maximum atomic E-state index is 13.5. The van der Waals surface area contributed by atoms with Gasteiger partial charge in [0.2, 0.25) is 5.78 Å². The summed E-state index contributed by atoms with van der Waals surface area (Å²) in [5.74, 6) is -1.57. The zero-order valence-electron chi connectivity index (χ0n) is 19.4. The predicted molar refractivity (Wildman–Crippen MR) is 121 cm³/mol. The normalized spacial score (nSPS) is 18.7. The summed E-state index contributed by atoms with van der Waals surface area (Å²) in [6.07, 6.45) is 3.23. The van der Waals surface area contributed by atoms with E-state index in [1.165, 1.54) is 0 Å². The van der Waals surface area contributed by atoms with Crippen LogP contribution in [-0.4, -0.2) is 61.1 Å². The van der Waals surface area contributed by atoms with Crippen LogP contribution in [0.4, 0.5) is 0 Å². The highest BCUT2D eigenvalue weighted by Gasteiger charge is 2.51. The molecule has 0 radical (unpaired) electrons. The van der Waals surface area contributed by atoms with Gasteiger partial charge in [-0.2, -0.15) is 0 Å². The average molecular weight is 439 g/mol. The van der Waals surface area contributed by atoms with E-state index in [2.05, 4.69) is 18.8 Å². The Hall–Kier alpha value is -3.06. The van der Waals surface area contributed by atoms with Crippen molar-refractivity contribution in [3.05, 3.63) is 59.4 Å². The summed E-state index contributed by atoms with van der Waals surface area (Å²) in [5.41, 5.74) is 1.96. The van der Waals surface area contributed by atoms with Crippen LogP contribution in [0.3, 0.4) is 0 Å². The maximum absolute atomic E-state index is 13.5. The molecule has 1 aliphatic heterocycles. The molecule has 170 valence electrons. The second kappa shape index (κ2) is 10.0. The van der Waals surface area contributed by atoms with E-state index in [-0.39, 0.29) is 5.78 Å². The van der Waals surface area contributed by atoms with Gasteiger partial charge in [0.1, 0.15) is 11.7 Å². The number of ketones is 2. The van der Waals surface area contributed by atoms with Crippen molar-refractivity contribution in [3.8, 4) is 5.75 Å². The van der Waals surface area contributed by atoms with Crippen LogP contribution in [0.2, 0.25) is 0 Å². The molecule has 32 heavy (non-hydrogen) atoms. The predicted octanol–water partition coefficient (Wildman–Crippen LogP) is 1.52. The summed E-state index contributed by atoms with van der Waals surface area (Å²) in [6, 6.07) is 8.08. The van der Waals surface area contributed by atoms with E-state index in [9.17, 15) is 14.4 Å². The number of quaternary nitrogens is 1. The summed E-state index contributed by atoms with van der Waals surface area (Å²) >= 11 is 0. The van der Waals surface area contributed by atoms with Gasteiger partial charge in [-0.3, -0.25) is 19.4 Å². The molecule has 0 aliphatic carbocycles. The molecule has 0 saturated carbocycles. The lowest BCUT2D eigenvalue weighted by molar-refractivity contribution is -0.857. The number of pyridine rings is 1. The number of benzene rings is 1. The van der Waals surface area contributed by atoms with Crippen molar-refractivity contribution in [2.75, 3.05) is 33.8 Å². The van der Waals surface area contributed by atoms with Gasteiger partial charge in [-0.1, -0.05) is 13.8 Å². The number of ether oxygens (including phenoxy) is 1. The molecule has 0 bridgehead atoms. The minimum absolute atomic E-state index is 0.344. The van der Waals surface area contributed by atoms with Crippen molar-refractivity contribution >= 4 is 17.5 Å². The number of Topliss-reactive ketones (excluding diaryl/α,β-unsaturated/α-hetero) is 2. The van der Waals surface area contributed by atoms with Crippen LogP contribution in [0, 0.1) is 18.8 Å². The fourth-order valence-electron chi connectivity index (χ4n) is 3.90. The van der Waals surface area contributed by atoms with Gasteiger partial charge < -0.3 is 14.5 Å². The molecule has 2 heterocycles. The third kappa shape index (κ3) is 5.05. The van der Waals surface area contributed by atoms with Crippen LogP contribution < -0.4 is 9.64 Å². The Labute approximate surface area is 189 Å². The third-order valence-electron chi connectivity index (χ3n) is 5.62. The molecule has 2 aromatic rings. The van der Waals surface area contributed by atoms with Crippen LogP contribution in [0.5, 0.6) is 5.75 Å². The van der Waals surface area contributed by atoms with E-state index in [1.807, 2.05) is 21.0 Å². The third-order valence-corrected chi connectivity index (χ3v) is 5.62. The number of hydrogen-bond donors (Lipinski definition) is 1. The first-order chi connectivity index (χ1) is 15.2. The highest BCUT2D eigenvalue weighted by atomic mass is 16.5. The molecule has 1 saturated heterocycles. The Bertz CT molecular complexity index is 988. The van der Waals surface area contributed by atoms with Crippen LogP contribution >= 0.6 is 0 Å². The van der Waals surface area contributed by atoms with E-state index in [0.29, 0.717) is 36.9 Å². The van der Waals surface area contributed by atoms with Crippen LogP contribution in [0.25, 0.3) is 0 Å². The molecule has 7 heteroatoms. The largest absolute Gasteiger partial charge is 0.493 e. The van der Waals surface area contributed by atoms with E-state index >= 15 is 0 Å². The maximum Gasteiger partial charge on any atom is 0.291 e. The Morgan fingerprint density at radius 1 is 1.16 bits per heavy atom. The molecule has 3 rings (SSSR count). The standard InChI is InChI=1S/C25H31N3O4/c1-16(2)15-32-20-7-6-19(14-17(20)3)23(29)21-22(18-8-10-26-11-9-18)28(13-12-27(4)5)25(31)24(21)30/h6-11,14,16,21-22H,12-13,15H2,1-5H3/p+1. The van der Waals surface area contributed by atoms with Crippen molar-refractivity contribution in [2.24, 2.45) is 11.8 Å². The van der Waals surface area contributed by atoms with Crippen molar-refractivity contribution < 1.29 is 24.0 Å². The van der Waals surface area contributed by atoms with Gasteiger partial charge in [-0.15, -0.1) is 0 Å². The number of likely N-dealkylation sites (tertiary alicyclic amines) is 1. The smallest absolute Gasteiger partial charge is 0.291 e. The van der Waals surface area contributed by atoms with Gasteiger partial charge in [0.05, 0.1) is 39.8 Å². The molecule has 1 N–H and O–H groups in total. The number of aryl methyl sites for hydroxylation is 1. The lowest BCUT2D eigenvalue weighted by Gasteiger charge is -2.27. The van der Waals surface area contributed by atoms with E-state index < -0.39 is 23.7 Å². The first-order valence-corrected chi connectivity index (χ1v) is 11.0. The Balaban J connectivity index is 1.94. The van der Waals surface area contributed by atoms with Gasteiger partial charge in [0, 0.05) is 18.0 Å². The van der Waals surface area contributed by atoms with Crippen molar-refractivity contribution in [3.63, 3.8) is 0 Å². The number of carbonyl (C=O) groups excluding carboxylic acids is 3. The van der Waals surface area contributed by atoms with Crippen LogP contribution in [0.15, 0.2) is 42.7 Å². The highest BCUT2D eigenvalue weighted by Crippen LogP contribution is 2.38. The van der Waals surface area contributed by atoms with E-state index in [4.69, 9.17) is 4.74 Å². The van der Waals surface area contributed by atoms with Crippen molar-refractivity contribution in [1.29, 1.82) is 0 Å². The topological polar surface area (TPSA) is 81.0 Å². The first-order valence-electron chi connectivity index (χ1n) is 11.0. The fourth-order valence-corrected chi connectivity index (χ4v) is 3.90. The molecule has 2 atom stereocenters. The molecule has 1 amide bonds. The Kier molecular flexibility index (Phi) is 7.40. The zero-order chi connectivity index (χ0) is 23.4. The molecule has 1 aliphatic rings. The van der Waals surface area contributed by atoms with Crippen LogP contribution in [-0.2, 0) is 9.59 Å². The zero-order valence-corrected chi connectivity index (χ0v) is 19.4. The minimum atomic E-state index is -1.08. The van der Waals surface area contributed by atoms with Crippen molar-refractivity contribution in [1.82, 2.24) is 9.88 Å². The van der Waals surface area contributed by atoms with Crippen molar-refractivity contribution in [2.45, 2.75) is 26.8 Å². The molecule has 1 fully saturated rings. The molecule has 7 nitrogen and oxygen atoms in total. The molecule has 1 aromatic heterocycles. The number of carbonyl (C=O) groups is 3. The number of aromatic nitrogens is 1. The summed E-state index contributed by atoms with van der Waals surface area (Å²) in [7, 11) is 3.97. The first kappa shape index (κ1) is 23.6. The second-order valence-electron chi connectivity index (χ2n) is 9.07. The molecular formula is C25H32N3O4+. The Morgan fingerprint density at radius 2 is 1.84 bits per heavy atom. The molecule has 0 spiro atoms. The SMILES string of the molecule is Cc1cc(C(=O)C2C(=O)C(=O)N(CC[NH+](C)C)C2c2ccncc2)ccc1OCC(C)C. The summed E-state index contributed by atoms with van der Waals surface area (Å²) in [5, 5.41) is 0. The number of likely N-dealkylation sites (N-methyl/N-ethyl adjacent to an activating group) is 1. The minimum Gasteiger partial charge on any atom is -0.493 e. The number of nitrogens with zero attached hydrogens (tertiary/aromatic N) is 2. The molecule has 1 aromatic carbocycles. The molecule has 2 unspecified atom stereocenters. The quantitative estimate of drug-likeness (QED) is 0.365. The Morgan fingerprint density at radius 3 is 2.44 bits per heavy atom. The number of hydrogen-bond acceptors (Lipinski definition) is 5. The second-order valence-corrected chi connectivity index (χ2v) is 9.07. The average Bonchev–Trinajstić information content (AvgIpc) is 3.01. The number of amides is 1. The number of nitrogens with one attached hydrogen (secondary N) is 1. The van der Waals surface area contributed by atoms with Crippen LogP contribution in [0.1, 0.15) is 41.4 Å². The highest BCUT2D eigenvalue weighted by molar-refractivity contribution is 6.44.